The van der Waals surface area contributed by atoms with E-state index in [1.807, 2.05) is 48.5 Å². The molecule has 8 heteroatoms. The quantitative estimate of drug-likeness (QED) is 0.415. The van der Waals surface area contributed by atoms with Crippen LogP contribution in [-0.4, -0.2) is 53.8 Å². The third-order valence-corrected chi connectivity index (χ3v) is 5.28. The lowest BCUT2D eigenvalue weighted by atomic mass is 10.0. The van der Waals surface area contributed by atoms with Gasteiger partial charge in [-0.05, 0) is 50.1 Å². The Morgan fingerprint density at radius 1 is 1.00 bits per heavy atom. The highest BCUT2D eigenvalue weighted by Gasteiger charge is 2.29. The molecule has 2 aromatic carbocycles. The van der Waals surface area contributed by atoms with E-state index in [-0.39, 0.29) is 24.8 Å². The fourth-order valence-electron chi connectivity index (χ4n) is 3.36. The van der Waals surface area contributed by atoms with Crippen LogP contribution in [0.25, 0.3) is 11.3 Å². The molecule has 0 atom stereocenters. The second-order valence-corrected chi connectivity index (χ2v) is 8.19. The highest BCUT2D eigenvalue weighted by Crippen LogP contribution is 2.28. The summed E-state index contributed by atoms with van der Waals surface area (Å²) in [7, 11) is 3.17. The first-order valence-corrected chi connectivity index (χ1v) is 11.1. The number of ketones is 1. The Kier molecular flexibility index (Phi) is 8.43. The first kappa shape index (κ1) is 25.0. The van der Waals surface area contributed by atoms with Gasteiger partial charge in [0.1, 0.15) is 17.3 Å². The maximum Gasteiger partial charge on any atom is 0.318 e. The van der Waals surface area contributed by atoms with Gasteiger partial charge in [-0.1, -0.05) is 24.3 Å². The van der Waals surface area contributed by atoms with Gasteiger partial charge in [0.05, 0.1) is 26.5 Å². The summed E-state index contributed by atoms with van der Waals surface area (Å²) in [5.74, 6) is 1.82. The fourth-order valence-corrected chi connectivity index (χ4v) is 3.36. The number of ether oxygens (including phenoxy) is 3. The summed E-state index contributed by atoms with van der Waals surface area (Å²) in [5.41, 5.74) is 1.57. The average molecular weight is 466 g/mol. The van der Waals surface area contributed by atoms with Crippen molar-refractivity contribution < 1.29 is 24.1 Å². The molecule has 0 aliphatic rings. The Labute approximate surface area is 199 Å². The predicted molar refractivity (Wildman–Crippen MR) is 131 cm³/mol. The summed E-state index contributed by atoms with van der Waals surface area (Å²) in [6, 6.07) is 17.4. The molecule has 1 heterocycles. The monoisotopic (exact) mass is 465 g/mol. The topological polar surface area (TPSA) is 103 Å². The molecule has 3 aromatic rings. The number of hydrogen-bond donors (Lipinski definition) is 2. The molecule has 0 radical (unpaired) electrons. The Hall–Kier alpha value is -3.65. The van der Waals surface area contributed by atoms with Crippen LogP contribution in [0.1, 0.15) is 25.8 Å². The van der Waals surface area contributed by atoms with Crippen LogP contribution in [0.2, 0.25) is 0 Å². The van der Waals surface area contributed by atoms with E-state index in [9.17, 15) is 4.79 Å². The normalized spacial score (nSPS) is 11.1. The molecular weight excluding hydrogens is 434 g/mol. The van der Waals surface area contributed by atoms with Crippen molar-refractivity contribution in [3.05, 3.63) is 60.2 Å². The highest BCUT2D eigenvalue weighted by molar-refractivity contribution is 5.87. The summed E-state index contributed by atoms with van der Waals surface area (Å²) in [4.78, 5) is 21.1. The number of Topliss-reactive ketones (excluding diaryl/α,β-unsaturated/α-hetero) is 1. The van der Waals surface area contributed by atoms with Crippen LogP contribution in [0.5, 0.6) is 17.5 Å². The Morgan fingerprint density at radius 3 is 2.44 bits per heavy atom. The summed E-state index contributed by atoms with van der Waals surface area (Å²) in [5, 5.41) is 12.4. The molecule has 0 aliphatic carbocycles. The molecule has 0 unspecified atom stereocenters. The van der Waals surface area contributed by atoms with Crippen LogP contribution in [0.3, 0.4) is 0 Å². The minimum absolute atomic E-state index is 0.0430. The van der Waals surface area contributed by atoms with Crippen molar-refractivity contribution in [3.8, 4) is 28.8 Å². The van der Waals surface area contributed by atoms with E-state index in [1.54, 1.807) is 27.0 Å². The van der Waals surface area contributed by atoms with Gasteiger partial charge in [0.2, 0.25) is 0 Å². The first-order chi connectivity index (χ1) is 16.3. The number of aliphatic hydroxyl groups is 1. The third-order valence-electron chi connectivity index (χ3n) is 5.28. The van der Waals surface area contributed by atoms with Crippen LogP contribution < -0.4 is 19.5 Å². The van der Waals surface area contributed by atoms with Crippen LogP contribution >= 0.6 is 0 Å². The molecule has 0 bridgehead atoms. The van der Waals surface area contributed by atoms with Crippen LogP contribution in [0.4, 0.5) is 5.82 Å². The second-order valence-electron chi connectivity index (χ2n) is 8.19. The lowest BCUT2D eigenvalue weighted by Gasteiger charge is -2.25. The van der Waals surface area contributed by atoms with Crippen molar-refractivity contribution in [1.29, 1.82) is 0 Å². The number of nitrogens with one attached hydrogen (secondary N) is 1. The SMILES string of the molecule is COc1ccc(CCNc2cc(-c3cccc(OC(C)(C)C(=O)CCO)c3)nc(OC)n2)cc1. The number of rotatable bonds is 12. The van der Waals surface area contributed by atoms with Gasteiger partial charge in [-0.2, -0.15) is 9.97 Å². The van der Waals surface area contributed by atoms with E-state index in [2.05, 4.69) is 15.3 Å². The molecule has 8 nitrogen and oxygen atoms in total. The Morgan fingerprint density at radius 2 is 1.76 bits per heavy atom. The molecule has 0 fully saturated rings. The number of nitrogens with zero attached hydrogens (tertiary/aromatic N) is 2. The first-order valence-electron chi connectivity index (χ1n) is 11.1. The number of aliphatic hydroxyl groups excluding tert-OH is 1. The third kappa shape index (κ3) is 6.68. The standard InChI is InChI=1S/C26H31N3O5/c1-26(2,23(31)13-15-30)34-21-7-5-6-19(16-21)22-17-24(29-25(28-22)33-4)27-14-12-18-8-10-20(32-3)11-9-18/h5-11,16-17,30H,12-15H2,1-4H3,(H,27,28,29). The van der Waals surface area contributed by atoms with Gasteiger partial charge < -0.3 is 24.6 Å². The number of carbonyl (C=O) groups is 1. The maximum absolute atomic E-state index is 12.3. The van der Waals surface area contributed by atoms with Gasteiger partial charge in [0, 0.05) is 24.6 Å². The van der Waals surface area contributed by atoms with Crippen molar-refractivity contribution in [2.24, 2.45) is 0 Å². The molecule has 0 spiro atoms. The smallest absolute Gasteiger partial charge is 0.318 e. The molecule has 34 heavy (non-hydrogen) atoms. The number of carbonyl (C=O) groups excluding carboxylic acids is 1. The fraction of sp³-hybridized carbons (Fsp3) is 0.346. The molecule has 2 N–H and O–H groups in total. The predicted octanol–water partition coefficient (Wildman–Crippen LogP) is 3.92. The van der Waals surface area contributed by atoms with E-state index in [0.717, 1.165) is 17.7 Å². The summed E-state index contributed by atoms with van der Waals surface area (Å²) >= 11 is 0. The van der Waals surface area contributed by atoms with E-state index in [1.165, 1.54) is 12.7 Å². The summed E-state index contributed by atoms with van der Waals surface area (Å²) < 4.78 is 16.4. The molecule has 0 amide bonds. The molecular formula is C26H31N3O5. The van der Waals surface area contributed by atoms with Gasteiger partial charge in [0.15, 0.2) is 11.4 Å². The minimum Gasteiger partial charge on any atom is -0.497 e. The molecule has 1 aromatic heterocycles. The zero-order chi connectivity index (χ0) is 24.6. The van der Waals surface area contributed by atoms with E-state index in [4.69, 9.17) is 19.3 Å². The number of methoxy groups -OCH3 is 2. The summed E-state index contributed by atoms with van der Waals surface area (Å²) in [6.45, 7) is 3.85. The second kappa shape index (κ2) is 11.5. The lowest BCUT2D eigenvalue weighted by molar-refractivity contribution is -0.132. The van der Waals surface area contributed by atoms with E-state index >= 15 is 0 Å². The van der Waals surface area contributed by atoms with Gasteiger partial charge in [-0.3, -0.25) is 4.79 Å². The molecule has 0 saturated heterocycles. The number of benzene rings is 2. The summed E-state index contributed by atoms with van der Waals surface area (Å²) in [6.07, 6.45) is 0.854. The zero-order valence-corrected chi connectivity index (χ0v) is 20.0. The van der Waals surface area contributed by atoms with E-state index < -0.39 is 5.60 Å². The van der Waals surface area contributed by atoms with Crippen molar-refractivity contribution >= 4 is 11.6 Å². The maximum atomic E-state index is 12.3. The Bertz CT molecular complexity index is 1100. The van der Waals surface area contributed by atoms with E-state index in [0.29, 0.717) is 23.8 Å². The zero-order valence-electron chi connectivity index (χ0n) is 20.0. The minimum atomic E-state index is -1.06. The molecule has 0 saturated carbocycles. The number of aromatic nitrogens is 2. The van der Waals surface area contributed by atoms with Crippen molar-refractivity contribution in [2.75, 3.05) is 32.7 Å². The van der Waals surface area contributed by atoms with Crippen molar-refractivity contribution in [2.45, 2.75) is 32.3 Å². The van der Waals surface area contributed by atoms with Crippen LogP contribution in [0.15, 0.2) is 54.6 Å². The largest absolute Gasteiger partial charge is 0.497 e. The average Bonchev–Trinajstić information content (AvgIpc) is 2.84. The lowest BCUT2D eigenvalue weighted by Crippen LogP contribution is -2.38. The van der Waals surface area contributed by atoms with Crippen molar-refractivity contribution in [1.82, 2.24) is 9.97 Å². The highest BCUT2D eigenvalue weighted by atomic mass is 16.5. The van der Waals surface area contributed by atoms with Crippen LogP contribution in [-0.2, 0) is 11.2 Å². The molecule has 3 rings (SSSR count). The molecule has 0 aliphatic heterocycles. The van der Waals surface area contributed by atoms with Crippen molar-refractivity contribution in [3.63, 3.8) is 0 Å². The Balaban J connectivity index is 1.74. The molecule has 180 valence electrons. The van der Waals surface area contributed by atoms with Crippen LogP contribution in [0, 0.1) is 0 Å². The van der Waals surface area contributed by atoms with Gasteiger partial charge in [-0.25, -0.2) is 0 Å². The number of hydrogen-bond acceptors (Lipinski definition) is 8. The van der Waals surface area contributed by atoms with Gasteiger partial charge in [0.25, 0.3) is 0 Å². The van der Waals surface area contributed by atoms with Gasteiger partial charge >= 0.3 is 6.01 Å². The van der Waals surface area contributed by atoms with Gasteiger partial charge in [-0.15, -0.1) is 0 Å². The number of anilines is 1.